The summed E-state index contributed by atoms with van der Waals surface area (Å²) in [5, 5.41) is 6.94. The minimum Gasteiger partial charge on any atom is -0.353 e. The predicted octanol–water partition coefficient (Wildman–Crippen LogP) is 1.27. The van der Waals surface area contributed by atoms with Gasteiger partial charge in [0.1, 0.15) is 24.6 Å². The molecule has 0 radical (unpaired) electrons. The highest BCUT2D eigenvalue weighted by Crippen LogP contribution is 2.33. The predicted molar refractivity (Wildman–Crippen MR) is 111 cm³/mol. The summed E-state index contributed by atoms with van der Waals surface area (Å²) in [5.41, 5.74) is 8.32. The minimum atomic E-state index is -4.57. The van der Waals surface area contributed by atoms with Gasteiger partial charge in [0.15, 0.2) is 5.96 Å². The fraction of sp³-hybridized carbons (Fsp3) is 0.900. The van der Waals surface area contributed by atoms with Crippen LogP contribution in [0.2, 0.25) is 0 Å². The highest BCUT2D eigenvalue weighted by Gasteiger charge is 2.52. The van der Waals surface area contributed by atoms with Gasteiger partial charge in [0.2, 0.25) is 5.91 Å². The van der Waals surface area contributed by atoms with Crippen LogP contribution in [0.5, 0.6) is 0 Å². The van der Waals surface area contributed by atoms with Gasteiger partial charge in [-0.25, -0.2) is 29.6 Å². The van der Waals surface area contributed by atoms with E-state index in [2.05, 4.69) is 31.9 Å². The molecule has 33 heavy (non-hydrogen) atoms. The van der Waals surface area contributed by atoms with Crippen LogP contribution >= 0.6 is 0 Å². The zero-order valence-electron chi connectivity index (χ0n) is 18.5. The molecular weight excluding hydrogens is 449 g/mol. The second-order valence-electron chi connectivity index (χ2n) is 9.68. The van der Waals surface area contributed by atoms with E-state index in [1.165, 1.54) is 12.1 Å². The third-order valence-corrected chi connectivity index (χ3v) is 7.00. The zero-order chi connectivity index (χ0) is 23.8. The van der Waals surface area contributed by atoms with Crippen molar-refractivity contribution in [3.63, 3.8) is 0 Å². The number of aliphatic imine (C=N–C) groups is 1. The lowest BCUT2D eigenvalue weighted by atomic mass is 9.81. The Morgan fingerprint density at radius 1 is 1.06 bits per heavy atom. The molecule has 6 unspecified atom stereocenters. The highest BCUT2D eigenvalue weighted by molar-refractivity contribution is 5.98. The number of carbonyl (C=O) groups excluding carboxylic acids is 1. The number of hydrazine groups is 2. The number of alkyl halides is 5. The summed E-state index contributed by atoms with van der Waals surface area (Å²) in [4.78, 5) is 17.3. The van der Waals surface area contributed by atoms with Crippen molar-refractivity contribution in [3.8, 4) is 0 Å². The summed E-state index contributed by atoms with van der Waals surface area (Å²) in [6.45, 7) is -0.0888. The number of carbonyl (C=O) groups is 1. The molecule has 4 rings (SSSR count). The summed E-state index contributed by atoms with van der Waals surface area (Å²) in [6.07, 6.45) is -3.67. The van der Waals surface area contributed by atoms with E-state index in [0.717, 1.165) is 19.3 Å². The molecule has 5 N–H and O–H groups in total. The van der Waals surface area contributed by atoms with Crippen LogP contribution in [-0.4, -0.2) is 73.3 Å². The molecule has 1 amide bonds. The molecule has 188 valence electrons. The molecule has 2 aliphatic heterocycles. The lowest BCUT2D eigenvalue weighted by Crippen LogP contribution is -2.54. The lowest BCUT2D eigenvalue weighted by Gasteiger charge is -2.31. The number of halogens is 5. The molecule has 0 spiro atoms. The van der Waals surface area contributed by atoms with Crippen molar-refractivity contribution < 1.29 is 26.7 Å². The number of nitrogens with zero attached hydrogens (tertiary/aromatic N) is 2. The van der Waals surface area contributed by atoms with Gasteiger partial charge in [0.05, 0.1) is 5.92 Å². The Kier molecular flexibility index (Phi) is 7.41. The second-order valence-corrected chi connectivity index (χ2v) is 9.68. The van der Waals surface area contributed by atoms with Crippen LogP contribution in [0.3, 0.4) is 0 Å². The van der Waals surface area contributed by atoms with Crippen LogP contribution in [0, 0.1) is 11.8 Å². The molecule has 2 saturated heterocycles. The van der Waals surface area contributed by atoms with E-state index in [0.29, 0.717) is 6.42 Å². The SMILES string of the molecule is CN1CC(C(=O)N/C(=N\C2CC(C3CC(F)CC(F)C3)NN2)NC2CCC2)C(C(F)(F)F)N1. The fourth-order valence-electron chi connectivity index (χ4n) is 5.04. The average Bonchev–Trinajstić information content (AvgIpc) is 3.30. The Balaban J connectivity index is 1.41. The zero-order valence-corrected chi connectivity index (χ0v) is 18.5. The molecular formula is C20H32F5N7O. The maximum atomic E-state index is 13.8. The topological polar surface area (TPSA) is 92.8 Å². The second kappa shape index (κ2) is 9.96. The third-order valence-electron chi connectivity index (χ3n) is 7.00. The molecule has 2 heterocycles. The van der Waals surface area contributed by atoms with Crippen molar-refractivity contribution in [2.45, 2.75) is 87.8 Å². The van der Waals surface area contributed by atoms with E-state index in [4.69, 9.17) is 0 Å². The van der Waals surface area contributed by atoms with E-state index in [-0.39, 0.29) is 49.8 Å². The molecule has 0 aromatic rings. The van der Waals surface area contributed by atoms with Crippen LogP contribution in [0.25, 0.3) is 0 Å². The van der Waals surface area contributed by atoms with Gasteiger partial charge < -0.3 is 5.32 Å². The quantitative estimate of drug-likeness (QED) is 0.236. The Hall–Kier alpha value is -1.57. The lowest BCUT2D eigenvalue weighted by molar-refractivity contribution is -0.168. The van der Waals surface area contributed by atoms with Crippen LogP contribution in [0.1, 0.15) is 44.9 Å². The standard InChI is InChI=1S/C20H32F5N7O/c1-32-9-14(17(31-32)20(23,24)25)18(33)28-19(26-13-3-2-4-13)27-16-8-15(29-30-16)10-5-11(21)7-12(22)6-10/h10-17,29-31H,2-9H2,1H3,(H2,26,27,28,33). The molecule has 0 aromatic carbocycles. The molecule has 8 nitrogen and oxygen atoms in total. The molecule has 4 fully saturated rings. The van der Waals surface area contributed by atoms with Crippen molar-refractivity contribution in [2.75, 3.05) is 13.6 Å². The Morgan fingerprint density at radius 3 is 2.36 bits per heavy atom. The first kappa shape index (κ1) is 24.6. The number of hydrogen-bond donors (Lipinski definition) is 5. The largest absolute Gasteiger partial charge is 0.405 e. The van der Waals surface area contributed by atoms with E-state index in [1.807, 2.05) is 0 Å². The van der Waals surface area contributed by atoms with Crippen LogP contribution < -0.4 is 26.9 Å². The normalized spacial score (nSPS) is 38.8. The first-order chi connectivity index (χ1) is 15.6. The molecule has 0 aromatic heterocycles. The molecule has 2 saturated carbocycles. The number of rotatable bonds is 4. The molecule has 2 aliphatic carbocycles. The monoisotopic (exact) mass is 481 g/mol. The summed E-state index contributed by atoms with van der Waals surface area (Å²) in [5.74, 6) is -2.15. The summed E-state index contributed by atoms with van der Waals surface area (Å²) in [7, 11) is 1.46. The van der Waals surface area contributed by atoms with Gasteiger partial charge >= 0.3 is 6.18 Å². The van der Waals surface area contributed by atoms with E-state index < -0.39 is 42.6 Å². The van der Waals surface area contributed by atoms with Crippen molar-refractivity contribution in [1.29, 1.82) is 0 Å². The molecule has 13 heteroatoms. The van der Waals surface area contributed by atoms with Crippen molar-refractivity contribution >= 4 is 11.9 Å². The van der Waals surface area contributed by atoms with Crippen LogP contribution in [0.15, 0.2) is 4.99 Å². The first-order valence-electron chi connectivity index (χ1n) is 11.6. The van der Waals surface area contributed by atoms with Gasteiger partial charge in [-0.2, -0.15) is 13.2 Å². The van der Waals surface area contributed by atoms with Gasteiger partial charge in [-0.3, -0.25) is 15.5 Å². The van der Waals surface area contributed by atoms with E-state index in [9.17, 15) is 26.7 Å². The maximum Gasteiger partial charge on any atom is 0.405 e. The van der Waals surface area contributed by atoms with Crippen molar-refractivity contribution in [3.05, 3.63) is 0 Å². The van der Waals surface area contributed by atoms with Gasteiger partial charge in [-0.1, -0.05) is 0 Å². The number of guanidine groups is 1. The van der Waals surface area contributed by atoms with Gasteiger partial charge in [0.25, 0.3) is 0 Å². The Bertz CT molecular complexity index is 724. The van der Waals surface area contributed by atoms with Gasteiger partial charge in [-0.15, -0.1) is 0 Å². The summed E-state index contributed by atoms with van der Waals surface area (Å²) < 4.78 is 67.7. The highest BCUT2D eigenvalue weighted by atomic mass is 19.4. The number of hydrogen-bond acceptors (Lipinski definition) is 6. The molecule has 6 atom stereocenters. The molecule has 0 bridgehead atoms. The van der Waals surface area contributed by atoms with Crippen molar-refractivity contribution in [2.24, 2.45) is 16.8 Å². The first-order valence-corrected chi connectivity index (χ1v) is 11.6. The summed E-state index contributed by atoms with van der Waals surface area (Å²) in [6, 6.07) is -2.06. The maximum absolute atomic E-state index is 13.8. The summed E-state index contributed by atoms with van der Waals surface area (Å²) >= 11 is 0. The fourth-order valence-corrected chi connectivity index (χ4v) is 5.04. The minimum absolute atomic E-state index is 0.0656. The van der Waals surface area contributed by atoms with E-state index in [1.54, 1.807) is 0 Å². The van der Waals surface area contributed by atoms with Crippen LogP contribution in [0.4, 0.5) is 22.0 Å². The van der Waals surface area contributed by atoms with Crippen LogP contribution in [-0.2, 0) is 4.79 Å². The number of nitrogens with one attached hydrogen (secondary N) is 5. The molecule has 4 aliphatic rings. The van der Waals surface area contributed by atoms with Gasteiger partial charge in [0, 0.05) is 38.5 Å². The average molecular weight is 482 g/mol. The van der Waals surface area contributed by atoms with Gasteiger partial charge in [-0.05, 0) is 38.0 Å². The Labute approximate surface area is 189 Å². The Morgan fingerprint density at radius 2 is 1.76 bits per heavy atom. The van der Waals surface area contributed by atoms with Crippen molar-refractivity contribution in [1.82, 2.24) is 31.9 Å². The smallest absolute Gasteiger partial charge is 0.353 e. The number of amides is 1. The van der Waals surface area contributed by atoms with E-state index >= 15 is 0 Å². The third kappa shape index (κ3) is 6.11.